The first-order valence-electron chi connectivity index (χ1n) is 2.13. The Hall–Kier alpha value is -0.570. The summed E-state index contributed by atoms with van der Waals surface area (Å²) in [6.07, 6.45) is 0.0451. The number of hydrogen-bond acceptors (Lipinski definition) is 3. The highest BCUT2D eigenvalue weighted by Crippen LogP contribution is 2.26. The Labute approximate surface area is 50.9 Å². The molecule has 8 heavy (non-hydrogen) atoms. The summed E-state index contributed by atoms with van der Waals surface area (Å²) in [7, 11) is 0. The van der Waals surface area contributed by atoms with Crippen LogP contribution in [0.25, 0.3) is 0 Å². The molecule has 1 aliphatic heterocycles. The first kappa shape index (κ1) is 5.56. The van der Waals surface area contributed by atoms with E-state index in [4.69, 9.17) is 0 Å². The van der Waals surface area contributed by atoms with Crippen LogP contribution in [-0.2, 0) is 9.59 Å². The number of rotatable bonds is 0. The summed E-state index contributed by atoms with van der Waals surface area (Å²) in [5.41, 5.74) is 0. The lowest BCUT2D eigenvalue weighted by Gasteiger charge is -1.77. The monoisotopic (exact) mass is 128 g/mol. The van der Waals surface area contributed by atoms with Crippen LogP contribution in [0.5, 0.6) is 0 Å². The van der Waals surface area contributed by atoms with Crippen molar-refractivity contribution in [2.75, 3.05) is 0 Å². The zero-order chi connectivity index (χ0) is 6.15. The molecule has 0 aromatic heterocycles. The lowest BCUT2D eigenvalue weighted by Crippen LogP contribution is -1.89. The largest absolute Gasteiger partial charge is 0.293 e. The second-order valence-corrected chi connectivity index (χ2v) is 2.65. The third-order valence-electron chi connectivity index (χ3n) is 0.853. The maximum absolute atomic E-state index is 10.4. The molecule has 0 aromatic rings. The molecule has 2 nitrogen and oxygen atoms in total. The molecule has 0 unspecified atom stereocenters. The number of ketones is 1. The van der Waals surface area contributed by atoms with Crippen LogP contribution >= 0.6 is 11.8 Å². The molecule has 1 rings (SSSR count). The van der Waals surface area contributed by atoms with Gasteiger partial charge in [0.2, 0.25) is 5.12 Å². The molecule has 42 valence electrons. The van der Waals surface area contributed by atoms with Gasteiger partial charge in [0.05, 0.1) is 11.3 Å². The summed E-state index contributed by atoms with van der Waals surface area (Å²) >= 11 is 0.946. The predicted molar refractivity (Wildman–Crippen MR) is 31.4 cm³/mol. The zero-order valence-corrected chi connectivity index (χ0v) is 4.96. The lowest BCUT2D eigenvalue weighted by molar-refractivity contribution is -0.119. The normalized spacial score (nSPS) is 20.2. The van der Waals surface area contributed by atoms with Gasteiger partial charge in [-0.2, -0.15) is 0 Å². The van der Waals surface area contributed by atoms with Crippen LogP contribution in [-0.4, -0.2) is 10.9 Å². The highest BCUT2D eigenvalue weighted by Gasteiger charge is 2.23. The van der Waals surface area contributed by atoms with Gasteiger partial charge in [-0.25, -0.2) is 0 Å². The van der Waals surface area contributed by atoms with Crippen molar-refractivity contribution in [1.82, 2.24) is 0 Å². The van der Waals surface area contributed by atoms with Gasteiger partial charge in [-0.15, -0.1) is 0 Å². The molecule has 1 fully saturated rings. The zero-order valence-electron chi connectivity index (χ0n) is 4.14. The molecule has 0 radical (unpaired) electrons. The maximum Gasteiger partial charge on any atom is 0.201 e. The average molecular weight is 128 g/mol. The fraction of sp³-hybridized carbons (Fsp3) is 0.200. The van der Waals surface area contributed by atoms with Gasteiger partial charge in [0.15, 0.2) is 5.78 Å². The Kier molecular flexibility index (Phi) is 1.21. The van der Waals surface area contributed by atoms with Gasteiger partial charge in [0, 0.05) is 0 Å². The number of carbonyl (C=O) groups excluding carboxylic acids is 2. The van der Waals surface area contributed by atoms with Gasteiger partial charge in [0.1, 0.15) is 0 Å². The van der Waals surface area contributed by atoms with E-state index in [1.54, 1.807) is 0 Å². The molecule has 0 spiro atoms. The van der Waals surface area contributed by atoms with Crippen molar-refractivity contribution in [2.24, 2.45) is 0 Å². The first-order valence-corrected chi connectivity index (χ1v) is 2.94. The molecule has 3 heteroatoms. The van der Waals surface area contributed by atoms with Crippen molar-refractivity contribution < 1.29 is 9.59 Å². The number of carbonyl (C=O) groups is 2. The molecule has 0 atom stereocenters. The Bertz CT molecular complexity index is 153. The lowest BCUT2D eigenvalue weighted by atomic mass is 10.3. The molecule has 1 heterocycles. The minimum absolute atomic E-state index is 0.0451. The van der Waals surface area contributed by atoms with E-state index in [0.717, 1.165) is 11.8 Å². The van der Waals surface area contributed by atoms with Crippen molar-refractivity contribution in [3.8, 4) is 0 Å². The molecule has 0 saturated carbocycles. The maximum atomic E-state index is 10.4. The first-order chi connectivity index (χ1) is 3.70. The quantitative estimate of drug-likeness (QED) is 0.356. The molecule has 1 saturated heterocycles. The van der Waals surface area contributed by atoms with E-state index >= 15 is 0 Å². The molecular weight excluding hydrogens is 124 g/mol. The number of Topliss-reactive ketones (excluding diaryl/α,β-unsaturated/α-hetero) is 1. The van der Waals surface area contributed by atoms with Crippen LogP contribution in [0.1, 0.15) is 6.42 Å². The summed E-state index contributed by atoms with van der Waals surface area (Å²) in [5.74, 6) is -0.125. The van der Waals surface area contributed by atoms with Gasteiger partial charge < -0.3 is 0 Å². The highest BCUT2D eigenvalue weighted by atomic mass is 32.2. The van der Waals surface area contributed by atoms with Crippen LogP contribution in [0.3, 0.4) is 0 Å². The van der Waals surface area contributed by atoms with Crippen LogP contribution in [0.2, 0.25) is 0 Å². The number of thioether (sulfide) groups is 1. The van der Waals surface area contributed by atoms with Crippen molar-refractivity contribution in [2.45, 2.75) is 6.42 Å². The molecule has 0 aromatic carbocycles. The molecule has 1 aliphatic rings. The Morgan fingerprint density at radius 3 is 2.25 bits per heavy atom. The fourth-order valence-corrected chi connectivity index (χ4v) is 1.12. The van der Waals surface area contributed by atoms with E-state index in [1.165, 1.54) is 0 Å². The van der Waals surface area contributed by atoms with E-state index < -0.39 is 0 Å². The van der Waals surface area contributed by atoms with Crippen molar-refractivity contribution in [1.29, 1.82) is 0 Å². The summed E-state index contributed by atoms with van der Waals surface area (Å²) in [6, 6.07) is 0. The van der Waals surface area contributed by atoms with E-state index in [2.05, 4.69) is 6.58 Å². The predicted octanol–water partition coefficient (Wildman–Crippen LogP) is 0.733. The number of allylic oxidation sites excluding steroid dienone is 1. The van der Waals surface area contributed by atoms with Gasteiger partial charge in [-0.3, -0.25) is 9.59 Å². The third kappa shape index (κ3) is 0.816. The molecule has 0 aliphatic carbocycles. The van der Waals surface area contributed by atoms with E-state index in [0.29, 0.717) is 4.91 Å². The van der Waals surface area contributed by atoms with Crippen molar-refractivity contribution >= 4 is 22.7 Å². The third-order valence-corrected chi connectivity index (χ3v) is 1.70. The van der Waals surface area contributed by atoms with Crippen LogP contribution in [0, 0.1) is 0 Å². The molecular formula is C5H4O2S. The Balaban J connectivity index is 2.79. The highest BCUT2D eigenvalue weighted by molar-refractivity contribution is 8.18. The number of hydrogen-bond donors (Lipinski definition) is 0. The van der Waals surface area contributed by atoms with Gasteiger partial charge >= 0.3 is 0 Å². The summed E-state index contributed by atoms with van der Waals surface area (Å²) in [4.78, 5) is 21.2. The second-order valence-electron chi connectivity index (χ2n) is 1.50. The van der Waals surface area contributed by atoms with E-state index in [9.17, 15) is 9.59 Å². The molecule has 0 bridgehead atoms. The minimum Gasteiger partial charge on any atom is -0.293 e. The topological polar surface area (TPSA) is 34.1 Å². The standard InChI is InChI=1S/C5H4O2S/c1-3-4(6)2-5(7)8-3/h1-2H2. The van der Waals surface area contributed by atoms with Crippen LogP contribution < -0.4 is 0 Å². The second kappa shape index (κ2) is 1.74. The minimum atomic E-state index is -0.125. The van der Waals surface area contributed by atoms with Gasteiger partial charge in [-0.05, 0) is 11.8 Å². The summed E-state index contributed by atoms with van der Waals surface area (Å²) in [6.45, 7) is 3.38. The summed E-state index contributed by atoms with van der Waals surface area (Å²) in [5, 5.41) is -0.0833. The Morgan fingerprint density at radius 1 is 1.50 bits per heavy atom. The summed E-state index contributed by atoms with van der Waals surface area (Å²) < 4.78 is 0. The van der Waals surface area contributed by atoms with Crippen LogP contribution in [0.15, 0.2) is 11.5 Å². The van der Waals surface area contributed by atoms with E-state index in [-0.39, 0.29) is 17.3 Å². The van der Waals surface area contributed by atoms with Crippen molar-refractivity contribution in [3.05, 3.63) is 11.5 Å². The van der Waals surface area contributed by atoms with Crippen molar-refractivity contribution in [3.63, 3.8) is 0 Å². The molecule has 0 N–H and O–H groups in total. The fourth-order valence-electron chi connectivity index (χ4n) is 0.460. The Morgan fingerprint density at radius 2 is 2.12 bits per heavy atom. The van der Waals surface area contributed by atoms with Crippen LogP contribution in [0.4, 0.5) is 0 Å². The average Bonchev–Trinajstić information content (AvgIpc) is 1.85. The molecule has 0 amide bonds. The van der Waals surface area contributed by atoms with E-state index in [1.807, 2.05) is 0 Å². The smallest absolute Gasteiger partial charge is 0.201 e. The van der Waals surface area contributed by atoms with Gasteiger partial charge in [0.25, 0.3) is 0 Å². The van der Waals surface area contributed by atoms with Gasteiger partial charge in [-0.1, -0.05) is 6.58 Å². The SMILES string of the molecule is C=C1SC(=O)CC1=O.